The first kappa shape index (κ1) is 13.8. The molecule has 0 aliphatic carbocycles. The van der Waals surface area contributed by atoms with Crippen LogP contribution < -0.4 is 0 Å². The summed E-state index contributed by atoms with van der Waals surface area (Å²) in [6.45, 7) is 7.67. The number of ether oxygens (including phenoxy) is 3. The second-order valence-corrected chi connectivity index (χ2v) is 4.84. The summed E-state index contributed by atoms with van der Waals surface area (Å²) < 4.78 is 15.3. The Morgan fingerprint density at radius 1 is 1.35 bits per heavy atom. The number of rotatable bonds is 1. The summed E-state index contributed by atoms with van der Waals surface area (Å²) in [5, 5.41) is 0. The molecule has 0 aromatic rings. The lowest BCUT2D eigenvalue weighted by Gasteiger charge is -2.33. The van der Waals surface area contributed by atoms with Crippen LogP contribution in [0.3, 0.4) is 0 Å². The summed E-state index contributed by atoms with van der Waals surface area (Å²) >= 11 is 0. The Bertz CT molecular complexity index is 297. The van der Waals surface area contributed by atoms with Gasteiger partial charge in [0, 0.05) is 13.5 Å². The average molecular weight is 245 g/mol. The molecule has 0 bridgehead atoms. The van der Waals surface area contributed by atoms with Crippen LogP contribution >= 0.6 is 0 Å². The van der Waals surface area contributed by atoms with Crippen molar-refractivity contribution in [3.63, 3.8) is 0 Å². The molecule has 0 saturated carbocycles. The van der Waals surface area contributed by atoms with E-state index in [-0.39, 0.29) is 6.54 Å². The molecule has 1 amide bonds. The second kappa shape index (κ2) is 5.35. The van der Waals surface area contributed by atoms with Gasteiger partial charge in [0.1, 0.15) is 5.60 Å². The normalized spacial score (nSPS) is 20.9. The van der Waals surface area contributed by atoms with E-state index in [0.29, 0.717) is 13.2 Å². The number of nitrogens with zero attached hydrogens (tertiary/aromatic N) is 1. The number of morpholine rings is 1. The molecule has 1 unspecified atom stereocenters. The van der Waals surface area contributed by atoms with Gasteiger partial charge in [0.2, 0.25) is 6.29 Å². The Hall–Kier alpha value is -1.30. The Morgan fingerprint density at radius 3 is 2.53 bits per heavy atom. The van der Waals surface area contributed by atoms with Gasteiger partial charge in [0.05, 0.1) is 13.2 Å². The Balaban J connectivity index is 2.49. The molecule has 0 spiro atoms. The van der Waals surface area contributed by atoms with Crippen LogP contribution in [0.1, 0.15) is 27.7 Å². The highest BCUT2D eigenvalue weighted by atomic mass is 16.7. The van der Waals surface area contributed by atoms with Crippen LogP contribution in [0.2, 0.25) is 0 Å². The molecule has 1 aliphatic rings. The highest BCUT2D eigenvalue weighted by Gasteiger charge is 2.29. The van der Waals surface area contributed by atoms with Crippen LogP contribution in [0.25, 0.3) is 0 Å². The third kappa shape index (κ3) is 5.04. The molecule has 6 nitrogen and oxygen atoms in total. The molecule has 1 saturated heterocycles. The zero-order valence-electron chi connectivity index (χ0n) is 10.7. The molecule has 0 aromatic carbocycles. The zero-order chi connectivity index (χ0) is 13.1. The fourth-order valence-corrected chi connectivity index (χ4v) is 1.37. The van der Waals surface area contributed by atoms with E-state index in [1.807, 2.05) is 0 Å². The van der Waals surface area contributed by atoms with Gasteiger partial charge in [-0.3, -0.25) is 9.69 Å². The standard InChI is InChI=1S/C11H19NO5/c1-8(13)16-9-7-12(5-6-15-9)10(14)17-11(2,3)4/h9H,5-7H2,1-4H3. The van der Waals surface area contributed by atoms with E-state index in [9.17, 15) is 9.59 Å². The third-order valence-corrected chi connectivity index (χ3v) is 1.98. The molecule has 98 valence electrons. The molecule has 0 aromatic heterocycles. The van der Waals surface area contributed by atoms with Gasteiger partial charge in [0.15, 0.2) is 0 Å². The Labute approximate surface area is 101 Å². The van der Waals surface area contributed by atoms with Crippen LogP contribution in [-0.2, 0) is 19.0 Å². The first-order chi connectivity index (χ1) is 7.78. The summed E-state index contributed by atoms with van der Waals surface area (Å²) in [5.41, 5.74) is -0.535. The summed E-state index contributed by atoms with van der Waals surface area (Å²) in [4.78, 5) is 24.0. The second-order valence-electron chi connectivity index (χ2n) is 4.84. The molecule has 1 heterocycles. The highest BCUT2D eigenvalue weighted by molar-refractivity contribution is 5.68. The summed E-state index contributed by atoms with van der Waals surface area (Å²) in [6, 6.07) is 0. The van der Waals surface area contributed by atoms with E-state index >= 15 is 0 Å². The van der Waals surface area contributed by atoms with Crippen molar-refractivity contribution in [2.24, 2.45) is 0 Å². The molecule has 1 aliphatic heterocycles. The monoisotopic (exact) mass is 245 g/mol. The average Bonchev–Trinajstić information content (AvgIpc) is 2.14. The van der Waals surface area contributed by atoms with Gasteiger partial charge >= 0.3 is 12.1 Å². The molecule has 1 rings (SSSR count). The van der Waals surface area contributed by atoms with Crippen molar-refractivity contribution in [1.29, 1.82) is 0 Å². The minimum Gasteiger partial charge on any atom is -0.444 e. The van der Waals surface area contributed by atoms with Crippen molar-refractivity contribution in [2.45, 2.75) is 39.6 Å². The van der Waals surface area contributed by atoms with Gasteiger partial charge in [-0.1, -0.05) is 0 Å². The smallest absolute Gasteiger partial charge is 0.410 e. The molecular formula is C11H19NO5. The Kier molecular flexibility index (Phi) is 4.34. The number of amides is 1. The number of carbonyl (C=O) groups is 2. The van der Waals surface area contributed by atoms with Crippen molar-refractivity contribution in [3.8, 4) is 0 Å². The van der Waals surface area contributed by atoms with Crippen molar-refractivity contribution in [3.05, 3.63) is 0 Å². The number of hydrogen-bond acceptors (Lipinski definition) is 5. The first-order valence-electron chi connectivity index (χ1n) is 5.55. The molecular weight excluding hydrogens is 226 g/mol. The lowest BCUT2D eigenvalue weighted by Crippen LogP contribution is -2.48. The maximum Gasteiger partial charge on any atom is 0.410 e. The van der Waals surface area contributed by atoms with Crippen molar-refractivity contribution >= 4 is 12.1 Å². The minimum atomic E-state index is -0.700. The van der Waals surface area contributed by atoms with Crippen LogP contribution in [-0.4, -0.2) is 48.5 Å². The fraction of sp³-hybridized carbons (Fsp3) is 0.818. The van der Waals surface area contributed by atoms with Crippen LogP contribution in [0.4, 0.5) is 4.79 Å². The topological polar surface area (TPSA) is 65.1 Å². The van der Waals surface area contributed by atoms with E-state index in [1.54, 1.807) is 20.8 Å². The highest BCUT2D eigenvalue weighted by Crippen LogP contribution is 2.13. The van der Waals surface area contributed by atoms with E-state index in [4.69, 9.17) is 14.2 Å². The largest absolute Gasteiger partial charge is 0.444 e. The SMILES string of the molecule is CC(=O)OC1CN(C(=O)OC(C)(C)C)CCO1. The maximum absolute atomic E-state index is 11.8. The number of esters is 1. The van der Waals surface area contributed by atoms with Gasteiger partial charge in [-0.05, 0) is 20.8 Å². The minimum absolute atomic E-state index is 0.203. The van der Waals surface area contributed by atoms with E-state index in [0.717, 1.165) is 0 Å². The fourth-order valence-electron chi connectivity index (χ4n) is 1.37. The Morgan fingerprint density at radius 2 is 2.00 bits per heavy atom. The molecule has 1 atom stereocenters. The zero-order valence-corrected chi connectivity index (χ0v) is 10.7. The van der Waals surface area contributed by atoms with E-state index in [1.165, 1.54) is 11.8 Å². The molecule has 1 fully saturated rings. The summed E-state index contributed by atoms with van der Waals surface area (Å²) in [5.74, 6) is -0.430. The predicted octanol–water partition coefficient (Wildman–Crippen LogP) is 1.14. The van der Waals surface area contributed by atoms with Gasteiger partial charge in [-0.2, -0.15) is 0 Å². The predicted molar refractivity (Wildman–Crippen MR) is 59.3 cm³/mol. The molecule has 17 heavy (non-hydrogen) atoms. The van der Waals surface area contributed by atoms with Gasteiger partial charge < -0.3 is 14.2 Å². The summed E-state index contributed by atoms with van der Waals surface area (Å²) in [7, 11) is 0. The summed E-state index contributed by atoms with van der Waals surface area (Å²) in [6.07, 6.45) is -1.12. The van der Waals surface area contributed by atoms with E-state index in [2.05, 4.69) is 0 Å². The first-order valence-corrected chi connectivity index (χ1v) is 5.55. The maximum atomic E-state index is 11.8. The van der Waals surface area contributed by atoms with Crippen molar-refractivity contribution in [2.75, 3.05) is 19.7 Å². The molecule has 0 N–H and O–H groups in total. The quantitative estimate of drug-likeness (QED) is 0.648. The van der Waals surface area contributed by atoms with E-state index < -0.39 is 24.0 Å². The third-order valence-electron chi connectivity index (χ3n) is 1.98. The van der Waals surface area contributed by atoms with Crippen LogP contribution in [0, 0.1) is 0 Å². The molecule has 6 heteroatoms. The van der Waals surface area contributed by atoms with Crippen molar-refractivity contribution < 1.29 is 23.8 Å². The van der Waals surface area contributed by atoms with Crippen LogP contribution in [0.5, 0.6) is 0 Å². The lowest BCUT2D eigenvalue weighted by atomic mass is 10.2. The number of carbonyl (C=O) groups excluding carboxylic acids is 2. The lowest BCUT2D eigenvalue weighted by molar-refractivity contribution is -0.190. The van der Waals surface area contributed by atoms with Crippen LogP contribution in [0.15, 0.2) is 0 Å². The van der Waals surface area contributed by atoms with Gasteiger partial charge in [-0.25, -0.2) is 4.79 Å². The number of hydrogen-bond donors (Lipinski definition) is 0. The van der Waals surface area contributed by atoms with Crippen molar-refractivity contribution in [1.82, 2.24) is 4.90 Å². The van der Waals surface area contributed by atoms with Gasteiger partial charge in [0.25, 0.3) is 0 Å². The molecule has 0 radical (unpaired) electrons. The van der Waals surface area contributed by atoms with Gasteiger partial charge in [-0.15, -0.1) is 0 Å².